The van der Waals surface area contributed by atoms with Gasteiger partial charge in [-0.2, -0.15) is 0 Å². The Bertz CT molecular complexity index is 2120. The number of sulfonamides is 1. The van der Waals surface area contributed by atoms with Crippen LogP contribution in [0.5, 0.6) is 11.5 Å². The number of carbonyl (C=O) groups excluding carboxylic acids is 1. The van der Waals surface area contributed by atoms with Gasteiger partial charge in [-0.25, -0.2) is 12.8 Å². The van der Waals surface area contributed by atoms with Crippen LogP contribution in [0.3, 0.4) is 0 Å². The van der Waals surface area contributed by atoms with Crippen LogP contribution in [0.2, 0.25) is 0 Å². The lowest BCUT2D eigenvalue weighted by Crippen LogP contribution is -2.31. The third-order valence-corrected chi connectivity index (χ3v) is 12.2. The number of hydrogen-bond acceptors (Lipinski definition) is 9. The highest BCUT2D eigenvalue weighted by Gasteiger charge is 2.33. The molecule has 0 aromatic heterocycles. The van der Waals surface area contributed by atoms with Gasteiger partial charge in [-0.1, -0.05) is 24.3 Å². The number of aryl methyl sites for hydroxylation is 3. The predicted octanol–water partition coefficient (Wildman–Crippen LogP) is 7.99. The zero-order chi connectivity index (χ0) is 39.2. The van der Waals surface area contributed by atoms with E-state index in [9.17, 15) is 27.5 Å². The number of nitro groups is 1. The average Bonchev–Trinajstić information content (AvgIpc) is 3.11. The van der Waals surface area contributed by atoms with Crippen molar-refractivity contribution in [2.24, 2.45) is 0 Å². The second-order valence-electron chi connectivity index (χ2n) is 13.4. The van der Waals surface area contributed by atoms with Crippen LogP contribution in [0.4, 0.5) is 15.8 Å². The number of halogens is 1. The van der Waals surface area contributed by atoms with Gasteiger partial charge in [0.1, 0.15) is 23.4 Å². The van der Waals surface area contributed by atoms with Crippen LogP contribution >= 0.6 is 0 Å². The summed E-state index contributed by atoms with van der Waals surface area (Å²) in [5.41, 5.74) is 3.34. The summed E-state index contributed by atoms with van der Waals surface area (Å²) in [5, 5.41) is 12.0. The van der Waals surface area contributed by atoms with Crippen molar-refractivity contribution in [1.29, 1.82) is 0 Å². The van der Waals surface area contributed by atoms with Crippen molar-refractivity contribution in [1.82, 2.24) is 0 Å². The van der Waals surface area contributed by atoms with E-state index >= 15 is 4.39 Å². The molecule has 5 rings (SSSR count). The van der Waals surface area contributed by atoms with Gasteiger partial charge in [0.25, 0.3) is 15.7 Å². The van der Waals surface area contributed by atoms with Gasteiger partial charge in [0.05, 0.1) is 29.9 Å². The quantitative estimate of drug-likeness (QED) is 0.0667. The van der Waals surface area contributed by atoms with Gasteiger partial charge in [0.15, 0.2) is 4.90 Å². The van der Waals surface area contributed by atoms with E-state index in [-0.39, 0.29) is 49.5 Å². The summed E-state index contributed by atoms with van der Waals surface area (Å²) in [7, 11) is -5.46. The molecule has 0 unspecified atom stereocenters. The molecule has 1 heterocycles. The number of ether oxygens (including phenoxy) is 3. The number of nitrogens with zero attached hydrogens (tertiary/aromatic N) is 2. The van der Waals surface area contributed by atoms with E-state index in [1.165, 1.54) is 24.3 Å². The summed E-state index contributed by atoms with van der Waals surface area (Å²) in [4.78, 5) is 22.6. The van der Waals surface area contributed by atoms with Crippen molar-refractivity contribution in [3.8, 4) is 22.6 Å². The Kier molecular flexibility index (Phi) is 13.1. The minimum absolute atomic E-state index is 0.0275. The molecule has 0 radical (unpaired) electrons. The second kappa shape index (κ2) is 17.5. The van der Waals surface area contributed by atoms with Crippen molar-refractivity contribution < 1.29 is 40.9 Å². The van der Waals surface area contributed by atoms with E-state index in [2.05, 4.69) is 0 Å². The van der Waals surface area contributed by atoms with E-state index in [1.54, 1.807) is 19.1 Å². The monoisotopic (exact) mass is 780 g/mol. The lowest BCUT2D eigenvalue weighted by molar-refractivity contribution is -0.387. The Hall–Kier alpha value is -4.82. The zero-order valence-electron chi connectivity index (χ0n) is 31.0. The standard InChI is InChI=1S/C40H45FN2O9S2/c1-6-50-39(44)16-13-30-12-14-31(24-35(30)41)42(54(48,49)38-10-8-7-9-36(38)43(45)46)25-29-11-15-37(51-26(2)3)34(23-29)40-27(4)21-33(22-28(40)5)52-32-17-19-53(47)20-18-32/h7-12,14-15,21-24,26,32H,6,13,16-20,25H2,1-5H3. The van der Waals surface area contributed by atoms with Crippen LogP contribution in [-0.2, 0) is 43.3 Å². The van der Waals surface area contributed by atoms with Crippen molar-refractivity contribution in [3.63, 3.8) is 0 Å². The molecule has 0 atom stereocenters. The average molecular weight is 781 g/mol. The Labute approximate surface area is 318 Å². The first-order valence-electron chi connectivity index (χ1n) is 17.8. The van der Waals surface area contributed by atoms with Gasteiger partial charge in [0.2, 0.25) is 0 Å². The highest BCUT2D eigenvalue weighted by atomic mass is 32.2. The molecule has 4 aromatic rings. The molecule has 0 spiro atoms. The lowest BCUT2D eigenvalue weighted by Gasteiger charge is -2.26. The summed E-state index contributed by atoms with van der Waals surface area (Å²) < 4.78 is 74.7. The molecular formula is C40H45FN2O9S2. The number of nitro benzene ring substituents is 1. The summed E-state index contributed by atoms with van der Waals surface area (Å²) in [6.45, 7) is 9.26. The zero-order valence-corrected chi connectivity index (χ0v) is 32.6. The number of rotatable bonds is 15. The van der Waals surface area contributed by atoms with Crippen molar-refractivity contribution in [2.75, 3.05) is 22.4 Å². The Balaban J connectivity index is 1.58. The molecule has 54 heavy (non-hydrogen) atoms. The molecule has 14 heteroatoms. The molecule has 0 amide bonds. The number of hydrogen-bond donors (Lipinski definition) is 0. The Morgan fingerprint density at radius 1 is 1.02 bits per heavy atom. The molecule has 0 saturated carbocycles. The van der Waals surface area contributed by atoms with Crippen molar-refractivity contribution >= 4 is 38.2 Å². The minimum Gasteiger partial charge on any atom is -0.490 e. The molecule has 0 aliphatic carbocycles. The predicted molar refractivity (Wildman–Crippen MR) is 206 cm³/mol. The fourth-order valence-corrected chi connectivity index (χ4v) is 9.38. The maximum atomic E-state index is 15.6. The van der Waals surface area contributed by atoms with Gasteiger partial charge in [-0.05, 0) is 124 Å². The molecule has 11 nitrogen and oxygen atoms in total. The molecule has 1 aliphatic heterocycles. The Morgan fingerprint density at radius 3 is 2.33 bits per heavy atom. The molecule has 288 valence electrons. The largest absolute Gasteiger partial charge is 0.490 e. The fourth-order valence-electron chi connectivity index (χ4n) is 6.52. The molecular weight excluding hydrogens is 736 g/mol. The topological polar surface area (TPSA) is 142 Å². The maximum Gasteiger partial charge on any atom is 0.306 e. The number of carbonyl (C=O) groups is 1. The van der Waals surface area contributed by atoms with Gasteiger partial charge >= 0.3 is 5.97 Å². The van der Waals surface area contributed by atoms with E-state index in [4.69, 9.17) is 14.2 Å². The summed E-state index contributed by atoms with van der Waals surface area (Å²) >= 11 is 0. The Morgan fingerprint density at radius 2 is 1.70 bits per heavy atom. The van der Waals surface area contributed by atoms with Gasteiger partial charge in [-0.15, -0.1) is 0 Å². The van der Waals surface area contributed by atoms with Crippen LogP contribution in [0.15, 0.2) is 77.7 Å². The van der Waals surface area contributed by atoms with Crippen LogP contribution in [0, 0.1) is 29.8 Å². The molecule has 4 aromatic carbocycles. The summed E-state index contributed by atoms with van der Waals surface area (Å²) in [6.07, 6.45) is 1.19. The van der Waals surface area contributed by atoms with E-state index in [0.29, 0.717) is 47.0 Å². The van der Waals surface area contributed by atoms with Crippen LogP contribution in [-0.4, -0.2) is 53.8 Å². The second-order valence-corrected chi connectivity index (χ2v) is 16.9. The third-order valence-electron chi connectivity index (χ3n) is 9.00. The molecule has 0 N–H and O–H groups in total. The lowest BCUT2D eigenvalue weighted by atomic mass is 9.93. The molecule has 1 aliphatic rings. The van der Waals surface area contributed by atoms with E-state index in [0.717, 1.165) is 39.2 Å². The van der Waals surface area contributed by atoms with Gasteiger partial charge in [-0.3, -0.25) is 23.4 Å². The van der Waals surface area contributed by atoms with E-state index in [1.807, 2.05) is 45.9 Å². The summed E-state index contributed by atoms with van der Waals surface area (Å²) in [5.74, 6) is 1.26. The van der Waals surface area contributed by atoms with Crippen LogP contribution in [0.1, 0.15) is 62.3 Å². The van der Waals surface area contributed by atoms with Gasteiger partial charge in [0, 0.05) is 40.4 Å². The van der Waals surface area contributed by atoms with Crippen molar-refractivity contribution in [3.05, 3.63) is 111 Å². The van der Waals surface area contributed by atoms with E-state index < -0.39 is 48.1 Å². The first-order valence-corrected chi connectivity index (χ1v) is 20.7. The normalized spacial score (nSPS) is 15.8. The summed E-state index contributed by atoms with van der Waals surface area (Å²) in [6, 6.07) is 18.1. The molecule has 1 fully saturated rings. The first-order chi connectivity index (χ1) is 25.7. The molecule has 0 bridgehead atoms. The highest BCUT2D eigenvalue weighted by molar-refractivity contribution is 7.93. The van der Waals surface area contributed by atoms with Gasteiger partial charge < -0.3 is 14.2 Å². The van der Waals surface area contributed by atoms with Crippen LogP contribution < -0.4 is 13.8 Å². The smallest absolute Gasteiger partial charge is 0.306 e. The SMILES string of the molecule is CCOC(=O)CCc1ccc(N(Cc2ccc(OC(C)C)c(-c3c(C)cc(OC4CCS(=O)CC4)cc3C)c2)S(=O)(=O)c2ccccc2[N+](=O)[O-])cc1F. The highest BCUT2D eigenvalue weighted by Crippen LogP contribution is 2.40. The number of esters is 1. The maximum absolute atomic E-state index is 15.6. The third kappa shape index (κ3) is 9.64. The first kappa shape index (κ1) is 40.4. The van der Waals surface area contributed by atoms with Crippen LogP contribution in [0.25, 0.3) is 11.1 Å². The van der Waals surface area contributed by atoms with Crippen molar-refractivity contribution in [2.45, 2.75) is 84.0 Å². The number of benzene rings is 4. The number of anilines is 1. The fraction of sp³-hybridized carbons (Fsp3) is 0.375. The number of para-hydroxylation sites is 1. The molecule has 1 saturated heterocycles. The minimum atomic E-state index is -4.65.